The van der Waals surface area contributed by atoms with Gasteiger partial charge in [0.25, 0.3) is 0 Å². The Morgan fingerprint density at radius 1 is 0.867 bits per heavy atom. The molecule has 1 atom stereocenters. The average Bonchev–Trinajstić information content (AvgIpc) is 3.77. The van der Waals surface area contributed by atoms with Crippen molar-refractivity contribution in [3.63, 3.8) is 0 Å². The minimum Gasteiger partial charge on any atom is -0.487 e. The molecule has 5 rings (SSSR count). The third kappa shape index (κ3) is 7.55. The number of pyridine rings is 1. The van der Waals surface area contributed by atoms with Crippen LogP contribution in [0, 0.1) is 5.82 Å². The SMILES string of the molecule is CCOC(=O)c1c(COc2ccc(F)cc2)nc([C@@H]2CCCN2)c(C(=O)OCC)c1-c1ccc(C(=O)OCc2ccccc2)s1. The Morgan fingerprint density at radius 2 is 1.58 bits per heavy atom. The molecule has 11 heteroatoms. The van der Waals surface area contributed by atoms with E-state index in [0.29, 0.717) is 22.7 Å². The van der Waals surface area contributed by atoms with Crippen LogP contribution in [0.5, 0.6) is 5.75 Å². The largest absolute Gasteiger partial charge is 0.487 e. The maximum atomic E-state index is 13.7. The summed E-state index contributed by atoms with van der Waals surface area (Å²) in [6.07, 6.45) is 1.57. The summed E-state index contributed by atoms with van der Waals surface area (Å²) in [7, 11) is 0. The number of ether oxygens (including phenoxy) is 4. The van der Waals surface area contributed by atoms with Gasteiger partial charge in [-0.05, 0) is 75.2 Å². The van der Waals surface area contributed by atoms with E-state index in [1.54, 1.807) is 26.0 Å². The normalized spacial score (nSPS) is 14.2. The first-order valence-electron chi connectivity index (χ1n) is 14.7. The minimum absolute atomic E-state index is 0.0230. The molecule has 0 unspecified atom stereocenters. The summed E-state index contributed by atoms with van der Waals surface area (Å²) in [5.41, 5.74) is 1.87. The molecule has 45 heavy (non-hydrogen) atoms. The minimum atomic E-state index is -0.712. The molecule has 0 radical (unpaired) electrons. The van der Waals surface area contributed by atoms with Crippen LogP contribution in [-0.2, 0) is 27.4 Å². The number of esters is 3. The van der Waals surface area contributed by atoms with Crippen molar-refractivity contribution in [3.05, 3.63) is 106 Å². The lowest BCUT2D eigenvalue weighted by atomic mass is 9.93. The van der Waals surface area contributed by atoms with Gasteiger partial charge in [-0.1, -0.05) is 30.3 Å². The lowest BCUT2D eigenvalue weighted by molar-refractivity contribution is 0.0475. The van der Waals surface area contributed by atoms with E-state index in [-0.39, 0.29) is 59.7 Å². The second kappa shape index (κ2) is 14.9. The van der Waals surface area contributed by atoms with E-state index in [9.17, 15) is 18.8 Å². The van der Waals surface area contributed by atoms with Crippen molar-refractivity contribution in [2.24, 2.45) is 0 Å². The van der Waals surface area contributed by atoms with Crippen LogP contribution in [0.2, 0.25) is 0 Å². The lowest BCUT2D eigenvalue weighted by Gasteiger charge is -2.22. The number of carbonyl (C=O) groups excluding carboxylic acids is 3. The highest BCUT2D eigenvalue weighted by Crippen LogP contribution is 2.40. The molecule has 3 heterocycles. The number of nitrogens with one attached hydrogen (secondary N) is 1. The number of hydrogen-bond donors (Lipinski definition) is 1. The molecule has 1 saturated heterocycles. The van der Waals surface area contributed by atoms with Crippen LogP contribution in [0.15, 0.2) is 66.7 Å². The monoisotopic (exact) mass is 632 g/mol. The molecule has 0 bridgehead atoms. The number of rotatable bonds is 12. The standard InChI is InChI=1S/C34H33FN2O7S/c1-3-41-33(39)28-25(20-43-23-14-12-22(35)13-15-23)37-31(24-11-8-18-36-24)30(34(40)42-4-2)29(28)26-16-17-27(45-26)32(38)44-19-21-9-6-5-7-10-21/h5-7,9-10,12-17,24,36H,3-4,8,11,18-20H2,1-2H3/t24-/m0/s1. The van der Waals surface area contributed by atoms with Gasteiger partial charge in [0, 0.05) is 10.4 Å². The van der Waals surface area contributed by atoms with Gasteiger partial charge < -0.3 is 24.3 Å². The van der Waals surface area contributed by atoms with Crippen LogP contribution in [0.1, 0.15) is 80.1 Å². The first-order chi connectivity index (χ1) is 21.9. The van der Waals surface area contributed by atoms with Gasteiger partial charge in [-0.3, -0.25) is 4.98 Å². The van der Waals surface area contributed by atoms with Gasteiger partial charge in [0.05, 0.1) is 41.8 Å². The number of thiophene rings is 1. The highest BCUT2D eigenvalue weighted by Gasteiger charge is 2.35. The Kier molecular flexibility index (Phi) is 10.5. The zero-order valence-corrected chi connectivity index (χ0v) is 25.8. The number of halogens is 1. The fraction of sp³-hybridized carbons (Fsp3) is 0.294. The number of benzene rings is 2. The van der Waals surface area contributed by atoms with Crippen LogP contribution in [0.4, 0.5) is 4.39 Å². The highest BCUT2D eigenvalue weighted by molar-refractivity contribution is 7.17. The summed E-state index contributed by atoms with van der Waals surface area (Å²) >= 11 is 1.08. The molecule has 234 valence electrons. The second-order valence-corrected chi connectivity index (χ2v) is 11.2. The smallest absolute Gasteiger partial charge is 0.348 e. The zero-order chi connectivity index (χ0) is 31.8. The molecule has 2 aromatic carbocycles. The third-order valence-corrected chi connectivity index (χ3v) is 8.19. The van der Waals surface area contributed by atoms with Crippen molar-refractivity contribution < 1.29 is 37.7 Å². The third-order valence-electron chi connectivity index (χ3n) is 7.11. The quantitative estimate of drug-likeness (QED) is 0.135. The van der Waals surface area contributed by atoms with Gasteiger partial charge in [0.15, 0.2) is 0 Å². The van der Waals surface area contributed by atoms with Crippen LogP contribution in [0.3, 0.4) is 0 Å². The van der Waals surface area contributed by atoms with E-state index in [4.69, 9.17) is 23.9 Å². The van der Waals surface area contributed by atoms with Gasteiger partial charge in [0.2, 0.25) is 0 Å². The average molecular weight is 633 g/mol. The fourth-order valence-electron chi connectivity index (χ4n) is 5.07. The molecule has 1 aliphatic heterocycles. The van der Waals surface area contributed by atoms with Crippen LogP contribution >= 0.6 is 11.3 Å². The molecule has 1 aliphatic rings. The molecule has 4 aromatic rings. The molecule has 1 N–H and O–H groups in total. The van der Waals surface area contributed by atoms with Crippen LogP contribution in [-0.4, -0.2) is 42.7 Å². The van der Waals surface area contributed by atoms with Crippen molar-refractivity contribution in [1.82, 2.24) is 10.3 Å². The first-order valence-corrected chi connectivity index (χ1v) is 15.5. The molecule has 9 nitrogen and oxygen atoms in total. The van der Waals surface area contributed by atoms with Crippen molar-refractivity contribution in [1.29, 1.82) is 0 Å². The summed E-state index contributed by atoms with van der Waals surface area (Å²) < 4.78 is 36.0. The van der Waals surface area contributed by atoms with Crippen molar-refractivity contribution in [3.8, 4) is 16.2 Å². The predicted octanol–water partition coefficient (Wildman–Crippen LogP) is 6.66. The van der Waals surface area contributed by atoms with E-state index < -0.39 is 23.7 Å². The maximum absolute atomic E-state index is 13.7. The van der Waals surface area contributed by atoms with Crippen LogP contribution in [0.25, 0.3) is 10.4 Å². The summed E-state index contributed by atoms with van der Waals surface area (Å²) in [5.74, 6) is -1.96. The van der Waals surface area contributed by atoms with E-state index in [2.05, 4.69) is 5.32 Å². The van der Waals surface area contributed by atoms with Gasteiger partial charge in [-0.15, -0.1) is 11.3 Å². The molecule has 0 aliphatic carbocycles. The predicted molar refractivity (Wildman–Crippen MR) is 166 cm³/mol. The summed E-state index contributed by atoms with van der Waals surface area (Å²) in [5, 5.41) is 3.39. The van der Waals surface area contributed by atoms with E-state index in [1.807, 2.05) is 30.3 Å². The lowest BCUT2D eigenvalue weighted by Crippen LogP contribution is -2.24. The molecule has 2 aromatic heterocycles. The van der Waals surface area contributed by atoms with Gasteiger partial charge in [-0.25, -0.2) is 18.8 Å². The topological polar surface area (TPSA) is 113 Å². The highest BCUT2D eigenvalue weighted by atomic mass is 32.1. The molecule has 0 saturated carbocycles. The molecular weight excluding hydrogens is 599 g/mol. The van der Waals surface area contributed by atoms with Crippen molar-refractivity contribution >= 4 is 29.2 Å². The van der Waals surface area contributed by atoms with Gasteiger partial charge in [-0.2, -0.15) is 0 Å². The maximum Gasteiger partial charge on any atom is 0.348 e. The number of nitrogens with zero attached hydrogens (tertiary/aromatic N) is 1. The van der Waals surface area contributed by atoms with E-state index >= 15 is 0 Å². The summed E-state index contributed by atoms with van der Waals surface area (Å²) in [4.78, 5) is 46.0. The first kappa shape index (κ1) is 31.8. The molecule has 0 amide bonds. The number of hydrogen-bond acceptors (Lipinski definition) is 10. The number of carbonyl (C=O) groups is 3. The second-order valence-electron chi connectivity index (χ2n) is 10.1. The van der Waals surface area contributed by atoms with E-state index in [0.717, 1.165) is 29.9 Å². The van der Waals surface area contributed by atoms with Crippen molar-refractivity contribution in [2.45, 2.75) is 45.9 Å². The van der Waals surface area contributed by atoms with E-state index in [1.165, 1.54) is 24.3 Å². The van der Waals surface area contributed by atoms with Gasteiger partial charge >= 0.3 is 17.9 Å². The van der Waals surface area contributed by atoms with Gasteiger partial charge in [0.1, 0.15) is 29.7 Å². The molecular formula is C34H33FN2O7S. The van der Waals surface area contributed by atoms with Crippen molar-refractivity contribution in [2.75, 3.05) is 19.8 Å². The van der Waals surface area contributed by atoms with Crippen LogP contribution < -0.4 is 10.1 Å². The zero-order valence-electron chi connectivity index (χ0n) is 25.0. The summed E-state index contributed by atoms with van der Waals surface area (Å²) in [6.45, 7) is 4.18. The Bertz CT molecular complexity index is 1650. The Balaban J connectivity index is 1.64. The number of aromatic nitrogens is 1. The Morgan fingerprint density at radius 3 is 2.24 bits per heavy atom. The Hall–Kier alpha value is -4.61. The molecule has 0 spiro atoms. The Labute approximate surface area is 264 Å². The molecule has 1 fully saturated rings. The summed E-state index contributed by atoms with van der Waals surface area (Å²) in [6, 6.07) is 17.8. The fourth-order valence-corrected chi connectivity index (χ4v) is 6.02.